The fourth-order valence-electron chi connectivity index (χ4n) is 3.05. The van der Waals surface area contributed by atoms with Crippen molar-refractivity contribution in [2.24, 2.45) is 0 Å². The van der Waals surface area contributed by atoms with E-state index in [-0.39, 0.29) is 18.1 Å². The van der Waals surface area contributed by atoms with E-state index < -0.39 is 5.91 Å². The molecule has 34 heavy (non-hydrogen) atoms. The van der Waals surface area contributed by atoms with Gasteiger partial charge in [-0.15, -0.1) is 0 Å². The molecule has 0 saturated heterocycles. The highest BCUT2D eigenvalue weighted by atomic mass is 35.5. The Morgan fingerprint density at radius 3 is 2.47 bits per heavy atom. The number of ether oxygens (including phenoxy) is 1. The van der Waals surface area contributed by atoms with Gasteiger partial charge < -0.3 is 15.4 Å². The van der Waals surface area contributed by atoms with E-state index in [1.165, 1.54) is 6.08 Å². The number of halogens is 2. The summed E-state index contributed by atoms with van der Waals surface area (Å²) < 4.78 is 5.68. The Hall–Kier alpha value is -3.79. The Balaban J connectivity index is 1.76. The Bertz CT molecular complexity index is 1310. The first kappa shape index (κ1) is 24.8. The maximum absolute atomic E-state index is 12.6. The van der Waals surface area contributed by atoms with E-state index in [1.807, 2.05) is 38.1 Å². The number of hydrogen-bond donors (Lipinski definition) is 2. The molecular weight excluding hydrogens is 473 g/mol. The van der Waals surface area contributed by atoms with Crippen LogP contribution in [-0.4, -0.2) is 18.4 Å². The van der Waals surface area contributed by atoms with E-state index >= 15 is 0 Å². The summed E-state index contributed by atoms with van der Waals surface area (Å²) in [4.78, 5) is 25.0. The second kappa shape index (κ2) is 11.4. The molecule has 0 fully saturated rings. The molecule has 0 aromatic heterocycles. The van der Waals surface area contributed by atoms with Crippen molar-refractivity contribution in [3.63, 3.8) is 0 Å². The van der Waals surface area contributed by atoms with Crippen LogP contribution in [-0.2, 0) is 9.59 Å². The first-order valence-electron chi connectivity index (χ1n) is 10.2. The first-order chi connectivity index (χ1) is 16.3. The third kappa shape index (κ3) is 6.61. The molecule has 0 radical (unpaired) electrons. The third-order valence-corrected chi connectivity index (χ3v) is 5.43. The van der Waals surface area contributed by atoms with E-state index in [1.54, 1.807) is 42.5 Å². The predicted molar refractivity (Wildman–Crippen MR) is 135 cm³/mol. The van der Waals surface area contributed by atoms with Gasteiger partial charge in [0.1, 0.15) is 17.4 Å². The third-order valence-electron chi connectivity index (χ3n) is 4.96. The van der Waals surface area contributed by atoms with Crippen molar-refractivity contribution in [1.82, 2.24) is 0 Å². The van der Waals surface area contributed by atoms with Crippen LogP contribution in [0.1, 0.15) is 16.7 Å². The van der Waals surface area contributed by atoms with Crippen LogP contribution < -0.4 is 15.4 Å². The van der Waals surface area contributed by atoms with E-state index in [0.717, 1.165) is 11.1 Å². The van der Waals surface area contributed by atoms with Gasteiger partial charge >= 0.3 is 0 Å². The fraction of sp³-hybridized carbons (Fsp3) is 0.115. The second-order valence-electron chi connectivity index (χ2n) is 7.40. The largest absolute Gasteiger partial charge is 0.483 e. The number of carbonyl (C=O) groups is 2. The van der Waals surface area contributed by atoms with Gasteiger partial charge in [-0.1, -0.05) is 41.4 Å². The van der Waals surface area contributed by atoms with E-state index in [0.29, 0.717) is 32.7 Å². The van der Waals surface area contributed by atoms with Crippen molar-refractivity contribution in [3.8, 4) is 11.8 Å². The number of rotatable bonds is 7. The van der Waals surface area contributed by atoms with Gasteiger partial charge in [-0.25, -0.2) is 0 Å². The summed E-state index contributed by atoms with van der Waals surface area (Å²) in [6.45, 7) is 3.61. The number of amides is 2. The van der Waals surface area contributed by atoms with Crippen LogP contribution in [0.5, 0.6) is 5.75 Å². The number of nitriles is 1. The zero-order valence-corrected chi connectivity index (χ0v) is 20.0. The number of nitrogens with one attached hydrogen (secondary N) is 2. The molecule has 0 bridgehead atoms. The van der Waals surface area contributed by atoms with E-state index in [9.17, 15) is 14.9 Å². The molecule has 0 heterocycles. The zero-order chi connectivity index (χ0) is 24.7. The highest BCUT2D eigenvalue weighted by Gasteiger charge is 2.14. The van der Waals surface area contributed by atoms with Crippen molar-refractivity contribution < 1.29 is 14.3 Å². The molecule has 6 nitrogen and oxygen atoms in total. The summed E-state index contributed by atoms with van der Waals surface area (Å²) in [5.74, 6) is -0.676. The highest BCUT2D eigenvalue weighted by Crippen LogP contribution is 2.26. The molecule has 2 amide bonds. The fourth-order valence-corrected chi connectivity index (χ4v) is 3.42. The number of benzene rings is 3. The predicted octanol–water partition coefficient (Wildman–Crippen LogP) is 6.17. The molecule has 0 atom stereocenters. The van der Waals surface area contributed by atoms with Crippen LogP contribution in [0.2, 0.25) is 10.0 Å². The molecule has 0 spiro atoms. The van der Waals surface area contributed by atoms with E-state index in [2.05, 4.69) is 10.6 Å². The number of anilines is 2. The minimum atomic E-state index is -0.622. The van der Waals surface area contributed by atoms with Gasteiger partial charge in [0.25, 0.3) is 11.8 Å². The Kier molecular flexibility index (Phi) is 8.31. The number of hydrogen-bond acceptors (Lipinski definition) is 4. The quantitative estimate of drug-likeness (QED) is 0.304. The minimum Gasteiger partial charge on any atom is -0.483 e. The first-order valence-corrected chi connectivity index (χ1v) is 11.0. The zero-order valence-electron chi connectivity index (χ0n) is 18.5. The summed E-state index contributed by atoms with van der Waals surface area (Å²) >= 11 is 12.1. The summed E-state index contributed by atoms with van der Waals surface area (Å²) in [6.07, 6.45) is 1.35. The van der Waals surface area contributed by atoms with Crippen LogP contribution >= 0.6 is 23.2 Å². The smallest absolute Gasteiger partial charge is 0.266 e. The maximum atomic E-state index is 12.6. The van der Waals surface area contributed by atoms with Crippen molar-refractivity contribution >= 4 is 52.5 Å². The molecule has 3 aromatic carbocycles. The van der Waals surface area contributed by atoms with Gasteiger partial charge in [-0.05, 0) is 73.5 Å². The summed E-state index contributed by atoms with van der Waals surface area (Å²) in [5.41, 5.74) is 3.38. The number of aryl methyl sites for hydroxylation is 1. The Morgan fingerprint density at radius 2 is 1.74 bits per heavy atom. The molecule has 0 saturated carbocycles. The normalized spacial score (nSPS) is 10.9. The monoisotopic (exact) mass is 493 g/mol. The van der Waals surface area contributed by atoms with Gasteiger partial charge in [0.15, 0.2) is 6.61 Å². The minimum absolute atomic E-state index is 0.174. The molecule has 172 valence electrons. The van der Waals surface area contributed by atoms with Crippen LogP contribution in [0.25, 0.3) is 6.08 Å². The van der Waals surface area contributed by atoms with Crippen molar-refractivity contribution in [3.05, 3.63) is 93.0 Å². The van der Waals surface area contributed by atoms with Gasteiger partial charge in [0.2, 0.25) is 0 Å². The van der Waals surface area contributed by atoms with Gasteiger partial charge in [-0.3, -0.25) is 9.59 Å². The number of carbonyl (C=O) groups excluding carboxylic acids is 2. The van der Waals surface area contributed by atoms with Crippen molar-refractivity contribution in [2.45, 2.75) is 13.8 Å². The molecule has 0 unspecified atom stereocenters. The topological polar surface area (TPSA) is 91.2 Å². The van der Waals surface area contributed by atoms with Crippen LogP contribution in [0.3, 0.4) is 0 Å². The van der Waals surface area contributed by atoms with Crippen LogP contribution in [0, 0.1) is 25.2 Å². The second-order valence-corrected chi connectivity index (χ2v) is 8.27. The van der Waals surface area contributed by atoms with Crippen LogP contribution in [0.4, 0.5) is 11.4 Å². The average Bonchev–Trinajstić information content (AvgIpc) is 2.79. The lowest BCUT2D eigenvalue weighted by Gasteiger charge is -2.13. The van der Waals surface area contributed by atoms with Gasteiger partial charge in [-0.2, -0.15) is 5.26 Å². The average molecular weight is 494 g/mol. The summed E-state index contributed by atoms with van der Waals surface area (Å²) in [6, 6.07) is 18.8. The number of nitrogens with zero attached hydrogens (tertiary/aromatic N) is 1. The molecule has 8 heteroatoms. The lowest BCUT2D eigenvalue weighted by molar-refractivity contribution is -0.118. The molecule has 3 rings (SSSR count). The summed E-state index contributed by atoms with van der Waals surface area (Å²) in [7, 11) is 0. The van der Waals surface area contributed by atoms with Gasteiger partial charge in [0, 0.05) is 27.0 Å². The standard InChI is InChI=1S/C26H21Cl2N3O3/c1-16-5-3-8-23(17(16)2)31-25(32)15-34-24-10-9-21(28)12-18(24)11-19(14-29)26(33)30-22-7-4-6-20(27)13-22/h3-13H,15H2,1-2H3,(H,30,33)(H,31,32)/b19-11-. The molecule has 0 aliphatic rings. The maximum Gasteiger partial charge on any atom is 0.266 e. The molecule has 3 aromatic rings. The lowest BCUT2D eigenvalue weighted by atomic mass is 10.1. The molecule has 2 N–H and O–H groups in total. The van der Waals surface area contributed by atoms with Gasteiger partial charge in [0.05, 0.1) is 0 Å². The van der Waals surface area contributed by atoms with Crippen LogP contribution in [0.15, 0.2) is 66.2 Å². The Labute approximate surface area is 207 Å². The Morgan fingerprint density at radius 1 is 1.00 bits per heavy atom. The highest BCUT2D eigenvalue weighted by molar-refractivity contribution is 6.31. The lowest BCUT2D eigenvalue weighted by Crippen LogP contribution is -2.21. The molecule has 0 aliphatic heterocycles. The van der Waals surface area contributed by atoms with Crippen molar-refractivity contribution in [1.29, 1.82) is 5.26 Å². The molecular formula is C26H21Cl2N3O3. The summed E-state index contributed by atoms with van der Waals surface area (Å²) in [5, 5.41) is 15.8. The van der Waals surface area contributed by atoms with E-state index in [4.69, 9.17) is 27.9 Å². The van der Waals surface area contributed by atoms with Crippen molar-refractivity contribution in [2.75, 3.05) is 17.2 Å². The SMILES string of the molecule is Cc1cccc(NC(=O)COc2ccc(Cl)cc2/C=C(/C#N)C(=O)Nc2cccc(Cl)c2)c1C. The molecule has 0 aliphatic carbocycles.